The molecule has 1 N–H and O–H groups in total. The van der Waals surface area contributed by atoms with Crippen LogP contribution < -0.4 is 4.74 Å². The van der Waals surface area contributed by atoms with Gasteiger partial charge in [-0.1, -0.05) is 0 Å². The molecule has 94 valence electrons. The van der Waals surface area contributed by atoms with Gasteiger partial charge in [0.2, 0.25) is 0 Å². The summed E-state index contributed by atoms with van der Waals surface area (Å²) in [6.07, 6.45) is 0. The van der Waals surface area contributed by atoms with Gasteiger partial charge in [0.1, 0.15) is 0 Å². The molecule has 0 radical (unpaired) electrons. The van der Waals surface area contributed by atoms with Crippen molar-refractivity contribution in [3.63, 3.8) is 0 Å². The lowest BCUT2D eigenvalue weighted by atomic mass is 10.3. The Kier molecular flexibility index (Phi) is 3.89. The molecule has 0 unspecified atom stereocenters. The zero-order chi connectivity index (χ0) is 13.2. The first-order valence-electron chi connectivity index (χ1n) is 4.00. The normalized spacial score (nSPS) is 11.2. The first-order chi connectivity index (χ1) is 7.71. The number of ether oxygens (including phenoxy) is 1. The van der Waals surface area contributed by atoms with Crippen molar-refractivity contribution < 1.29 is 31.8 Å². The first kappa shape index (κ1) is 13.7. The maximum absolute atomic E-state index is 13.2. The molecule has 0 saturated heterocycles. The number of carboxylic acids is 1. The molecule has 0 heterocycles. The van der Waals surface area contributed by atoms with Crippen LogP contribution in [0.3, 0.4) is 0 Å². The van der Waals surface area contributed by atoms with Gasteiger partial charge in [0.15, 0.2) is 24.0 Å². The van der Waals surface area contributed by atoms with Crippen molar-refractivity contribution in [3.8, 4) is 5.75 Å². The highest BCUT2D eigenvalue weighted by atomic mass is 35.7. The van der Waals surface area contributed by atoms with E-state index in [1.54, 1.807) is 0 Å². The van der Waals surface area contributed by atoms with E-state index in [0.717, 1.165) is 0 Å². The Morgan fingerprint density at radius 2 is 1.82 bits per heavy atom. The highest BCUT2D eigenvalue weighted by Crippen LogP contribution is 2.26. The number of hydrogen-bond donors (Lipinski definition) is 1. The first-order valence-corrected chi connectivity index (χ1v) is 6.31. The van der Waals surface area contributed by atoms with Crippen LogP contribution in [0.5, 0.6) is 5.75 Å². The maximum Gasteiger partial charge on any atom is 0.341 e. The van der Waals surface area contributed by atoms with Gasteiger partial charge in [-0.3, -0.25) is 0 Å². The van der Waals surface area contributed by atoms with Gasteiger partial charge in [-0.15, -0.1) is 0 Å². The summed E-state index contributed by atoms with van der Waals surface area (Å²) in [6.45, 7) is -0.958. The van der Waals surface area contributed by atoms with Crippen LogP contribution in [0, 0.1) is 11.6 Å². The van der Waals surface area contributed by atoms with E-state index in [0.29, 0.717) is 12.1 Å². The van der Waals surface area contributed by atoms with Crippen molar-refractivity contribution in [2.75, 3.05) is 6.61 Å². The van der Waals surface area contributed by atoms with Gasteiger partial charge in [0, 0.05) is 10.7 Å². The summed E-state index contributed by atoms with van der Waals surface area (Å²) in [5.41, 5.74) is 0. The second-order valence-electron chi connectivity index (χ2n) is 2.84. The van der Waals surface area contributed by atoms with Gasteiger partial charge in [-0.05, 0) is 12.1 Å². The van der Waals surface area contributed by atoms with Crippen LogP contribution in [-0.2, 0) is 13.8 Å². The molecule has 5 nitrogen and oxygen atoms in total. The van der Waals surface area contributed by atoms with Gasteiger partial charge in [-0.2, -0.15) is 0 Å². The van der Waals surface area contributed by atoms with E-state index in [1.807, 2.05) is 0 Å². The lowest BCUT2D eigenvalue weighted by molar-refractivity contribution is -0.139. The quantitative estimate of drug-likeness (QED) is 0.845. The maximum atomic E-state index is 13.2. The Balaban J connectivity index is 3.15. The Labute approximate surface area is 99.0 Å². The average Bonchev–Trinajstić information content (AvgIpc) is 2.14. The van der Waals surface area contributed by atoms with Crippen molar-refractivity contribution in [1.82, 2.24) is 0 Å². The molecule has 17 heavy (non-hydrogen) atoms. The van der Waals surface area contributed by atoms with Crippen molar-refractivity contribution in [1.29, 1.82) is 0 Å². The van der Waals surface area contributed by atoms with Gasteiger partial charge < -0.3 is 9.84 Å². The summed E-state index contributed by atoms with van der Waals surface area (Å²) in [7, 11) is 0.611. The van der Waals surface area contributed by atoms with Crippen LogP contribution in [0.1, 0.15) is 0 Å². The fourth-order valence-corrected chi connectivity index (χ4v) is 1.70. The van der Waals surface area contributed by atoms with E-state index in [1.165, 1.54) is 0 Å². The van der Waals surface area contributed by atoms with Crippen LogP contribution in [0.25, 0.3) is 0 Å². The second kappa shape index (κ2) is 4.84. The van der Waals surface area contributed by atoms with Crippen molar-refractivity contribution in [2.24, 2.45) is 0 Å². The minimum Gasteiger partial charge on any atom is -0.479 e. The van der Waals surface area contributed by atoms with E-state index in [9.17, 15) is 22.0 Å². The number of halogens is 3. The summed E-state index contributed by atoms with van der Waals surface area (Å²) in [6, 6.07) is 0.866. The van der Waals surface area contributed by atoms with E-state index in [-0.39, 0.29) is 0 Å². The SMILES string of the molecule is O=C(O)COc1c(F)cc(S(=O)(=O)Cl)cc1F. The molecule has 0 aliphatic rings. The van der Waals surface area contributed by atoms with Crippen LogP contribution in [0.15, 0.2) is 17.0 Å². The molecule has 0 saturated carbocycles. The molecule has 1 rings (SSSR count). The molecule has 1 aromatic carbocycles. The Morgan fingerprint density at radius 1 is 1.35 bits per heavy atom. The molecular formula is C8H5ClF2O5S. The molecule has 0 fully saturated rings. The molecule has 1 aromatic rings. The van der Waals surface area contributed by atoms with E-state index >= 15 is 0 Å². The lowest BCUT2D eigenvalue weighted by Crippen LogP contribution is -2.11. The molecule has 0 atom stereocenters. The Bertz CT molecular complexity index is 534. The topological polar surface area (TPSA) is 80.7 Å². The second-order valence-corrected chi connectivity index (χ2v) is 5.40. The van der Waals surface area contributed by atoms with Crippen molar-refractivity contribution >= 4 is 25.7 Å². The zero-order valence-electron chi connectivity index (χ0n) is 7.98. The molecule has 0 spiro atoms. The van der Waals surface area contributed by atoms with Crippen LogP contribution in [0.2, 0.25) is 0 Å². The number of hydrogen-bond acceptors (Lipinski definition) is 4. The van der Waals surface area contributed by atoms with Gasteiger partial charge in [0.25, 0.3) is 9.05 Å². The molecule has 0 aliphatic heterocycles. The number of carboxylic acid groups (broad SMARTS) is 1. The highest BCUT2D eigenvalue weighted by Gasteiger charge is 2.19. The third-order valence-corrected chi connectivity index (χ3v) is 2.93. The smallest absolute Gasteiger partial charge is 0.341 e. The Hall–Kier alpha value is -1.41. The van der Waals surface area contributed by atoms with Crippen LogP contribution in [0.4, 0.5) is 8.78 Å². The third kappa shape index (κ3) is 3.53. The summed E-state index contributed by atoms with van der Waals surface area (Å²) in [5.74, 6) is -5.12. The largest absolute Gasteiger partial charge is 0.479 e. The van der Waals surface area contributed by atoms with Gasteiger partial charge in [-0.25, -0.2) is 22.0 Å². The molecule has 0 aliphatic carbocycles. The van der Waals surface area contributed by atoms with Crippen LogP contribution >= 0.6 is 10.7 Å². The van der Waals surface area contributed by atoms with Crippen LogP contribution in [-0.4, -0.2) is 26.1 Å². The number of rotatable bonds is 4. The fourth-order valence-electron chi connectivity index (χ4n) is 0.949. The van der Waals surface area contributed by atoms with Gasteiger partial charge >= 0.3 is 5.97 Å². The van der Waals surface area contributed by atoms with E-state index in [2.05, 4.69) is 4.74 Å². The predicted octanol–water partition coefficient (Wildman–Crippen LogP) is 1.36. The number of carbonyl (C=O) groups is 1. The van der Waals surface area contributed by atoms with Gasteiger partial charge in [0.05, 0.1) is 4.90 Å². The molecule has 0 amide bonds. The predicted molar refractivity (Wildman–Crippen MR) is 52.5 cm³/mol. The molecule has 0 aromatic heterocycles. The summed E-state index contributed by atoms with van der Waals surface area (Å²) >= 11 is 0. The molecule has 9 heteroatoms. The minimum atomic E-state index is -4.28. The average molecular weight is 287 g/mol. The number of benzene rings is 1. The zero-order valence-corrected chi connectivity index (χ0v) is 9.56. The van der Waals surface area contributed by atoms with Crippen molar-refractivity contribution in [3.05, 3.63) is 23.8 Å². The fraction of sp³-hybridized carbons (Fsp3) is 0.125. The molecule has 0 bridgehead atoms. The van der Waals surface area contributed by atoms with Crippen molar-refractivity contribution in [2.45, 2.75) is 4.90 Å². The summed E-state index contributed by atoms with van der Waals surface area (Å²) < 4.78 is 52.4. The summed E-state index contributed by atoms with van der Waals surface area (Å²) in [4.78, 5) is 9.35. The van der Waals surface area contributed by atoms with E-state index in [4.69, 9.17) is 15.8 Å². The molecular weight excluding hydrogens is 282 g/mol. The minimum absolute atomic E-state index is 0.433. The standard InChI is InChI=1S/C8H5ClF2O5S/c9-17(14,15)4-1-5(10)8(6(11)2-4)16-3-7(12)13/h1-2H,3H2,(H,12,13). The lowest BCUT2D eigenvalue weighted by Gasteiger charge is -2.07. The summed E-state index contributed by atoms with van der Waals surface area (Å²) in [5, 5.41) is 8.25. The third-order valence-electron chi connectivity index (χ3n) is 1.59. The van der Waals surface area contributed by atoms with E-state index < -0.39 is 43.9 Å². The highest BCUT2D eigenvalue weighted by molar-refractivity contribution is 8.13. The monoisotopic (exact) mass is 286 g/mol. The number of aliphatic carboxylic acids is 1. The Morgan fingerprint density at radius 3 is 2.18 bits per heavy atom.